The van der Waals surface area contributed by atoms with E-state index in [1.165, 1.54) is 12.8 Å². The van der Waals surface area contributed by atoms with E-state index in [0.717, 1.165) is 31.2 Å². The zero-order chi connectivity index (χ0) is 14.4. The van der Waals surface area contributed by atoms with Crippen LogP contribution in [0.5, 0.6) is 0 Å². The molecule has 0 spiro atoms. The standard InChI is InChI=1S/C17H24N2O/c1-14(16-8-6-15(12-18)7-9-16)19-13-17(20)10-4-2-3-5-11-17/h6-9,14,19-20H,2-5,10-11,13H2,1H3. The molecule has 0 aliphatic heterocycles. The highest BCUT2D eigenvalue weighted by Gasteiger charge is 2.28. The van der Waals surface area contributed by atoms with Crippen LogP contribution in [0.1, 0.15) is 62.6 Å². The van der Waals surface area contributed by atoms with Crippen LogP contribution in [-0.4, -0.2) is 17.3 Å². The topological polar surface area (TPSA) is 56.0 Å². The van der Waals surface area contributed by atoms with E-state index < -0.39 is 5.60 Å². The van der Waals surface area contributed by atoms with Gasteiger partial charge in [0.25, 0.3) is 0 Å². The molecule has 0 heterocycles. The molecule has 0 bridgehead atoms. The summed E-state index contributed by atoms with van der Waals surface area (Å²) in [6.45, 7) is 2.75. The van der Waals surface area contributed by atoms with E-state index in [-0.39, 0.29) is 6.04 Å². The lowest BCUT2D eigenvalue weighted by Crippen LogP contribution is -2.41. The van der Waals surface area contributed by atoms with Crippen molar-refractivity contribution >= 4 is 0 Å². The summed E-state index contributed by atoms with van der Waals surface area (Å²) in [5.41, 5.74) is 1.29. The zero-order valence-corrected chi connectivity index (χ0v) is 12.2. The Morgan fingerprint density at radius 1 is 1.20 bits per heavy atom. The molecular weight excluding hydrogens is 248 g/mol. The fourth-order valence-corrected chi connectivity index (χ4v) is 2.87. The number of hydrogen-bond acceptors (Lipinski definition) is 3. The first-order chi connectivity index (χ1) is 9.63. The van der Waals surface area contributed by atoms with Crippen LogP contribution in [0, 0.1) is 11.3 Å². The van der Waals surface area contributed by atoms with Gasteiger partial charge in [-0.1, -0.05) is 37.8 Å². The number of aliphatic hydroxyl groups is 1. The van der Waals surface area contributed by atoms with Crippen molar-refractivity contribution in [2.24, 2.45) is 0 Å². The van der Waals surface area contributed by atoms with Gasteiger partial charge in [0.05, 0.1) is 17.2 Å². The molecule has 1 aromatic carbocycles. The van der Waals surface area contributed by atoms with Crippen LogP contribution in [0.4, 0.5) is 0 Å². The smallest absolute Gasteiger partial charge is 0.0991 e. The molecule has 20 heavy (non-hydrogen) atoms. The van der Waals surface area contributed by atoms with Crippen LogP contribution in [0.25, 0.3) is 0 Å². The summed E-state index contributed by atoms with van der Waals surface area (Å²) in [4.78, 5) is 0. The van der Waals surface area contributed by atoms with Crippen molar-refractivity contribution in [2.75, 3.05) is 6.54 Å². The summed E-state index contributed by atoms with van der Waals surface area (Å²) in [6.07, 6.45) is 6.55. The predicted octanol–water partition coefficient (Wildman–Crippen LogP) is 3.29. The first-order valence-electron chi connectivity index (χ1n) is 7.59. The second-order valence-corrected chi connectivity index (χ2v) is 5.97. The molecule has 0 radical (unpaired) electrons. The Morgan fingerprint density at radius 3 is 2.35 bits per heavy atom. The Hall–Kier alpha value is -1.37. The van der Waals surface area contributed by atoms with Gasteiger partial charge in [-0.15, -0.1) is 0 Å². The minimum atomic E-state index is -0.544. The molecular formula is C17H24N2O. The highest BCUT2D eigenvalue weighted by atomic mass is 16.3. The molecule has 1 saturated carbocycles. The Balaban J connectivity index is 1.90. The fraction of sp³-hybridized carbons (Fsp3) is 0.588. The number of nitriles is 1. The first kappa shape index (κ1) is 15.0. The minimum absolute atomic E-state index is 0.190. The lowest BCUT2D eigenvalue weighted by atomic mass is 9.94. The molecule has 3 heteroatoms. The van der Waals surface area contributed by atoms with E-state index in [4.69, 9.17) is 5.26 Å². The predicted molar refractivity (Wildman–Crippen MR) is 80.2 cm³/mol. The summed E-state index contributed by atoms with van der Waals surface area (Å²) in [6, 6.07) is 9.96. The molecule has 1 aliphatic rings. The van der Waals surface area contributed by atoms with Gasteiger partial charge in [-0.2, -0.15) is 5.26 Å². The Bertz CT molecular complexity index is 453. The second kappa shape index (κ2) is 6.88. The average molecular weight is 272 g/mol. The van der Waals surface area contributed by atoms with E-state index in [1.54, 1.807) is 0 Å². The SMILES string of the molecule is CC(NCC1(O)CCCCCC1)c1ccc(C#N)cc1. The van der Waals surface area contributed by atoms with Crippen LogP contribution in [0.3, 0.4) is 0 Å². The summed E-state index contributed by atoms with van der Waals surface area (Å²) < 4.78 is 0. The molecule has 1 aromatic rings. The van der Waals surface area contributed by atoms with E-state index in [2.05, 4.69) is 18.3 Å². The molecule has 108 valence electrons. The summed E-state index contributed by atoms with van der Waals surface area (Å²) in [7, 11) is 0. The minimum Gasteiger partial charge on any atom is -0.389 e. The van der Waals surface area contributed by atoms with Crippen molar-refractivity contribution < 1.29 is 5.11 Å². The van der Waals surface area contributed by atoms with Crippen molar-refractivity contribution in [3.05, 3.63) is 35.4 Å². The molecule has 2 rings (SSSR count). The summed E-state index contributed by atoms with van der Waals surface area (Å²) in [5, 5.41) is 22.9. The van der Waals surface area contributed by atoms with Crippen LogP contribution >= 0.6 is 0 Å². The molecule has 0 saturated heterocycles. The second-order valence-electron chi connectivity index (χ2n) is 5.97. The quantitative estimate of drug-likeness (QED) is 0.827. The maximum Gasteiger partial charge on any atom is 0.0991 e. The maximum absolute atomic E-state index is 10.6. The van der Waals surface area contributed by atoms with Gasteiger partial charge in [-0.05, 0) is 37.5 Å². The monoisotopic (exact) mass is 272 g/mol. The van der Waals surface area contributed by atoms with E-state index in [9.17, 15) is 5.11 Å². The Labute approximate surface area is 121 Å². The van der Waals surface area contributed by atoms with Gasteiger partial charge in [0, 0.05) is 12.6 Å². The molecule has 2 N–H and O–H groups in total. The third-order valence-electron chi connectivity index (χ3n) is 4.31. The van der Waals surface area contributed by atoms with Gasteiger partial charge in [-0.3, -0.25) is 0 Å². The molecule has 1 aliphatic carbocycles. The third kappa shape index (κ3) is 4.06. The molecule has 1 unspecified atom stereocenters. The van der Waals surface area contributed by atoms with Gasteiger partial charge in [0.2, 0.25) is 0 Å². The fourth-order valence-electron chi connectivity index (χ4n) is 2.87. The van der Waals surface area contributed by atoms with Gasteiger partial charge < -0.3 is 10.4 Å². The van der Waals surface area contributed by atoms with E-state index in [0.29, 0.717) is 12.1 Å². The number of nitrogens with one attached hydrogen (secondary N) is 1. The van der Waals surface area contributed by atoms with Crippen molar-refractivity contribution in [2.45, 2.75) is 57.1 Å². The zero-order valence-electron chi connectivity index (χ0n) is 12.2. The van der Waals surface area contributed by atoms with Crippen molar-refractivity contribution in [3.63, 3.8) is 0 Å². The largest absolute Gasteiger partial charge is 0.389 e. The van der Waals surface area contributed by atoms with Crippen molar-refractivity contribution in [3.8, 4) is 6.07 Å². The van der Waals surface area contributed by atoms with Crippen LogP contribution < -0.4 is 5.32 Å². The maximum atomic E-state index is 10.6. The summed E-state index contributed by atoms with van der Waals surface area (Å²) in [5.74, 6) is 0. The van der Waals surface area contributed by atoms with E-state index in [1.807, 2.05) is 24.3 Å². The Kier molecular flexibility index (Phi) is 5.17. The van der Waals surface area contributed by atoms with Gasteiger partial charge in [0.1, 0.15) is 0 Å². The van der Waals surface area contributed by atoms with Gasteiger partial charge in [0.15, 0.2) is 0 Å². The van der Waals surface area contributed by atoms with Crippen LogP contribution in [0.2, 0.25) is 0 Å². The van der Waals surface area contributed by atoms with Crippen LogP contribution in [0.15, 0.2) is 24.3 Å². The average Bonchev–Trinajstić information content (AvgIpc) is 2.70. The molecule has 1 atom stereocenters. The van der Waals surface area contributed by atoms with Crippen LogP contribution in [-0.2, 0) is 0 Å². The molecule has 1 fully saturated rings. The molecule has 0 aromatic heterocycles. The third-order valence-corrected chi connectivity index (χ3v) is 4.31. The van der Waals surface area contributed by atoms with Crippen molar-refractivity contribution in [1.82, 2.24) is 5.32 Å². The highest BCUT2D eigenvalue weighted by Crippen LogP contribution is 2.27. The lowest BCUT2D eigenvalue weighted by Gasteiger charge is -2.29. The summed E-state index contributed by atoms with van der Waals surface area (Å²) >= 11 is 0. The first-order valence-corrected chi connectivity index (χ1v) is 7.59. The van der Waals surface area contributed by atoms with E-state index >= 15 is 0 Å². The highest BCUT2D eigenvalue weighted by molar-refractivity contribution is 5.32. The number of nitrogens with zero attached hydrogens (tertiary/aromatic N) is 1. The lowest BCUT2D eigenvalue weighted by molar-refractivity contribution is 0.0231. The van der Waals surface area contributed by atoms with Gasteiger partial charge >= 0.3 is 0 Å². The molecule has 0 amide bonds. The van der Waals surface area contributed by atoms with Gasteiger partial charge in [-0.25, -0.2) is 0 Å². The number of hydrogen-bond donors (Lipinski definition) is 2. The Morgan fingerprint density at radius 2 is 1.80 bits per heavy atom. The van der Waals surface area contributed by atoms with Crippen molar-refractivity contribution in [1.29, 1.82) is 5.26 Å². The normalized spacial score (nSPS) is 19.9. The number of benzene rings is 1. The molecule has 3 nitrogen and oxygen atoms in total. The number of rotatable bonds is 4.